The number of aromatic nitrogens is 5. The van der Waals surface area contributed by atoms with Gasteiger partial charge in [0.25, 0.3) is 5.91 Å². The Morgan fingerprint density at radius 2 is 1.86 bits per heavy atom. The number of nitrogen functional groups attached to an aromatic ring is 1. The van der Waals surface area contributed by atoms with Crippen LogP contribution in [0.2, 0.25) is 0 Å². The van der Waals surface area contributed by atoms with E-state index in [2.05, 4.69) is 25.9 Å². The summed E-state index contributed by atoms with van der Waals surface area (Å²) in [5.74, 6) is 0.171. The van der Waals surface area contributed by atoms with Crippen molar-refractivity contribution in [3.05, 3.63) is 54.5 Å². The van der Waals surface area contributed by atoms with E-state index in [0.717, 1.165) is 40.9 Å². The Kier molecular flexibility index (Phi) is 5.86. The summed E-state index contributed by atoms with van der Waals surface area (Å²) in [4.78, 5) is 32.9. The van der Waals surface area contributed by atoms with Crippen molar-refractivity contribution in [1.82, 2.24) is 34.2 Å². The molecule has 0 atom stereocenters. The van der Waals surface area contributed by atoms with Gasteiger partial charge in [0.1, 0.15) is 18.4 Å². The van der Waals surface area contributed by atoms with E-state index in [1.807, 2.05) is 30.5 Å². The highest BCUT2D eigenvalue weighted by Gasteiger charge is 2.27. The van der Waals surface area contributed by atoms with Gasteiger partial charge in [-0.2, -0.15) is 10.2 Å². The van der Waals surface area contributed by atoms with Gasteiger partial charge in [0.15, 0.2) is 5.82 Å². The van der Waals surface area contributed by atoms with Crippen molar-refractivity contribution in [2.24, 2.45) is 0 Å². The van der Waals surface area contributed by atoms with Crippen LogP contribution in [0.1, 0.15) is 48.5 Å². The summed E-state index contributed by atoms with van der Waals surface area (Å²) in [5.41, 5.74) is 11.2. The molecule has 1 aliphatic heterocycles. The maximum Gasteiger partial charge on any atom is 0.254 e. The number of likely N-dealkylation sites (N-methyl/N-ethyl adjacent to an activating group) is 1. The summed E-state index contributed by atoms with van der Waals surface area (Å²) in [6.07, 6.45) is 9.18. The molecule has 0 unspecified atom stereocenters. The van der Waals surface area contributed by atoms with E-state index in [1.165, 1.54) is 25.6 Å². The van der Waals surface area contributed by atoms with Gasteiger partial charge in [0, 0.05) is 43.0 Å². The molecule has 0 bridgehead atoms. The number of nitrogens with zero attached hydrogens (tertiary/aromatic N) is 7. The number of fused-ring (bicyclic) bond motifs is 1. The zero-order valence-electron chi connectivity index (χ0n) is 20.9. The first-order valence-electron chi connectivity index (χ1n) is 12.8. The maximum absolute atomic E-state index is 13.3. The van der Waals surface area contributed by atoms with Gasteiger partial charge in [0.2, 0.25) is 5.91 Å². The smallest absolute Gasteiger partial charge is 0.254 e. The second-order valence-electron chi connectivity index (χ2n) is 9.92. The molecule has 1 saturated heterocycles. The van der Waals surface area contributed by atoms with Crippen LogP contribution in [-0.4, -0.2) is 72.7 Å². The molecule has 0 radical (unpaired) electrons. The minimum Gasteiger partial charge on any atom is -0.382 e. The van der Waals surface area contributed by atoms with Crippen LogP contribution in [0.3, 0.4) is 0 Å². The van der Waals surface area contributed by atoms with Crippen LogP contribution in [0.25, 0.3) is 28.0 Å². The van der Waals surface area contributed by atoms with Crippen molar-refractivity contribution >= 4 is 23.1 Å². The van der Waals surface area contributed by atoms with Crippen LogP contribution in [0, 0.1) is 0 Å². The Bertz CT molecular complexity index is 1480. The number of rotatable bonds is 4. The fourth-order valence-corrected chi connectivity index (χ4v) is 5.54. The van der Waals surface area contributed by atoms with E-state index >= 15 is 0 Å². The molecule has 37 heavy (non-hydrogen) atoms. The first-order valence-corrected chi connectivity index (χ1v) is 12.8. The predicted octanol–water partition coefficient (Wildman–Crippen LogP) is 3.26. The molecule has 4 heterocycles. The average Bonchev–Trinajstić information content (AvgIpc) is 3.56. The maximum atomic E-state index is 13.3. The summed E-state index contributed by atoms with van der Waals surface area (Å²) in [6, 6.07) is 11.9. The van der Waals surface area contributed by atoms with Gasteiger partial charge in [-0.3, -0.25) is 14.3 Å². The highest BCUT2D eigenvalue weighted by atomic mass is 16.2. The van der Waals surface area contributed by atoms with Gasteiger partial charge in [0.05, 0.1) is 17.4 Å². The van der Waals surface area contributed by atoms with Crippen LogP contribution in [0.5, 0.6) is 0 Å². The number of nitrogens with two attached hydrogens (primary N) is 1. The Hall–Kier alpha value is -4.21. The summed E-state index contributed by atoms with van der Waals surface area (Å²) in [5, 5.41) is 9.20. The first kappa shape index (κ1) is 23.2. The third kappa shape index (κ3) is 4.12. The number of piperazine rings is 1. The molecule has 1 aliphatic carbocycles. The average molecular weight is 499 g/mol. The van der Waals surface area contributed by atoms with E-state index in [9.17, 15) is 9.59 Å². The van der Waals surface area contributed by atoms with E-state index < -0.39 is 0 Å². The number of amides is 2. The molecule has 2 aliphatic rings. The number of benzene rings is 1. The van der Waals surface area contributed by atoms with Crippen LogP contribution in [0.4, 0.5) is 5.82 Å². The van der Waals surface area contributed by atoms with E-state index in [4.69, 9.17) is 5.73 Å². The second kappa shape index (κ2) is 9.34. The fraction of sp³-hybridized carbons (Fsp3) is 0.370. The van der Waals surface area contributed by atoms with Gasteiger partial charge < -0.3 is 15.5 Å². The Morgan fingerprint density at radius 3 is 2.68 bits per heavy atom. The number of hydrogen-bond donors (Lipinski definition) is 1. The molecular weight excluding hydrogens is 468 g/mol. The zero-order valence-corrected chi connectivity index (χ0v) is 20.9. The van der Waals surface area contributed by atoms with E-state index in [1.54, 1.807) is 27.4 Å². The molecule has 10 nitrogen and oxygen atoms in total. The minimum atomic E-state index is -0.158. The third-order valence-corrected chi connectivity index (χ3v) is 7.60. The quantitative estimate of drug-likeness (QED) is 0.462. The lowest BCUT2D eigenvalue weighted by molar-refractivity contribution is -0.133. The lowest BCUT2D eigenvalue weighted by Crippen LogP contribution is -2.50. The Morgan fingerprint density at radius 1 is 1.03 bits per heavy atom. The van der Waals surface area contributed by atoms with Crippen molar-refractivity contribution in [2.75, 3.05) is 32.4 Å². The van der Waals surface area contributed by atoms with Crippen molar-refractivity contribution in [1.29, 1.82) is 0 Å². The molecule has 6 rings (SSSR count). The summed E-state index contributed by atoms with van der Waals surface area (Å²) in [7, 11) is 1.76. The predicted molar refractivity (Wildman–Crippen MR) is 140 cm³/mol. The number of carbonyl (C=O) groups excluding carboxylic acids is 2. The van der Waals surface area contributed by atoms with Crippen molar-refractivity contribution in [2.45, 2.75) is 38.1 Å². The lowest BCUT2D eigenvalue weighted by atomic mass is 9.95. The molecule has 2 N–H and O–H groups in total. The van der Waals surface area contributed by atoms with Gasteiger partial charge in [-0.1, -0.05) is 31.4 Å². The largest absolute Gasteiger partial charge is 0.382 e. The number of hydrogen-bond acceptors (Lipinski definition) is 6. The molecule has 0 spiro atoms. The Labute approximate surface area is 214 Å². The van der Waals surface area contributed by atoms with Gasteiger partial charge >= 0.3 is 0 Å². The molecular formula is C27H30N8O2. The lowest BCUT2D eigenvalue weighted by Gasteiger charge is -2.32. The van der Waals surface area contributed by atoms with Crippen molar-refractivity contribution in [3.8, 4) is 22.5 Å². The molecule has 2 fully saturated rings. The summed E-state index contributed by atoms with van der Waals surface area (Å²) >= 11 is 0. The van der Waals surface area contributed by atoms with Gasteiger partial charge in [-0.25, -0.2) is 9.50 Å². The molecule has 4 aromatic rings. The normalized spacial score (nSPS) is 17.1. The standard InChI is InChI=1S/C27H30N8O2/c1-32-12-13-33(16-24(32)36)27(37)19-7-5-6-18(14-19)23-15-21(25-26(28)29-17-31-35(23)25)22-10-11-30-34(22)20-8-3-2-4-9-20/h5-7,10-11,14-15,17,20H,2-4,8-9,12-13,16H2,1H3,(H2,28,29,31). The Balaban J connectivity index is 1.41. The number of anilines is 1. The number of carbonyl (C=O) groups is 2. The minimum absolute atomic E-state index is 0.0558. The molecule has 3 aromatic heterocycles. The highest BCUT2D eigenvalue weighted by Crippen LogP contribution is 2.38. The van der Waals surface area contributed by atoms with Crippen molar-refractivity contribution < 1.29 is 9.59 Å². The second-order valence-corrected chi connectivity index (χ2v) is 9.92. The molecule has 10 heteroatoms. The van der Waals surface area contributed by atoms with Crippen LogP contribution in [-0.2, 0) is 4.79 Å². The monoisotopic (exact) mass is 498 g/mol. The van der Waals surface area contributed by atoms with Gasteiger partial charge in [-0.05, 0) is 37.1 Å². The molecule has 1 saturated carbocycles. The van der Waals surface area contributed by atoms with E-state index in [-0.39, 0.29) is 18.4 Å². The molecule has 190 valence electrons. The fourth-order valence-electron chi connectivity index (χ4n) is 5.54. The zero-order chi connectivity index (χ0) is 25.5. The van der Waals surface area contributed by atoms with E-state index in [0.29, 0.717) is 30.5 Å². The SMILES string of the molecule is CN1CCN(C(=O)c2cccc(-c3cc(-c4ccnn4C4CCCCC4)c4c(N)ncnn34)c2)CC1=O. The van der Waals surface area contributed by atoms with Crippen LogP contribution >= 0.6 is 0 Å². The topological polar surface area (TPSA) is 115 Å². The summed E-state index contributed by atoms with van der Waals surface area (Å²) < 4.78 is 3.91. The van der Waals surface area contributed by atoms with Crippen LogP contribution < -0.4 is 5.73 Å². The molecule has 2 amide bonds. The van der Waals surface area contributed by atoms with Gasteiger partial charge in [-0.15, -0.1) is 0 Å². The first-order chi connectivity index (χ1) is 18.0. The molecule has 1 aromatic carbocycles. The van der Waals surface area contributed by atoms with Crippen LogP contribution in [0.15, 0.2) is 48.9 Å². The highest BCUT2D eigenvalue weighted by molar-refractivity contribution is 5.98. The summed E-state index contributed by atoms with van der Waals surface area (Å²) in [6.45, 7) is 1.13. The third-order valence-electron chi connectivity index (χ3n) is 7.60. The van der Waals surface area contributed by atoms with Crippen molar-refractivity contribution in [3.63, 3.8) is 0 Å².